The maximum atomic E-state index is 10.3. The minimum Gasteiger partial charge on any atom is -0.545 e. The number of carboxylic acid groups (broad SMARTS) is 1. The summed E-state index contributed by atoms with van der Waals surface area (Å²) in [6.45, 7) is 0. The molecule has 8 heteroatoms. The molecule has 15 heavy (non-hydrogen) atoms. The van der Waals surface area contributed by atoms with E-state index in [9.17, 15) is 20.0 Å². The molecular weight excluding hydrogens is 442 g/mol. The number of nitro groups is 1. The van der Waals surface area contributed by atoms with Gasteiger partial charge in [0.05, 0.1) is 5.97 Å². The largest absolute Gasteiger partial charge is 1.00 e. The number of hydrogen-bond acceptors (Lipinski definition) is 4. The van der Waals surface area contributed by atoms with Gasteiger partial charge in [-0.05, 0) is 10.6 Å². The minimum atomic E-state index is -1.33. The van der Waals surface area contributed by atoms with E-state index >= 15 is 0 Å². The van der Waals surface area contributed by atoms with Crippen LogP contribution in [0.15, 0.2) is 24.3 Å². The van der Waals surface area contributed by atoms with E-state index < -0.39 is 11.0 Å². The maximum absolute atomic E-state index is 10.3. The Morgan fingerprint density at radius 1 is 1.20 bits per heavy atom. The van der Waals surface area contributed by atoms with Crippen LogP contribution in [0.3, 0.4) is 0 Å². The Hall–Kier alpha value is 1.99. The summed E-state index contributed by atoms with van der Waals surface area (Å²) in [6, 6.07) is 4.84. The summed E-state index contributed by atoms with van der Waals surface area (Å²) in [5.41, 5.74) is 3.02. The van der Waals surface area contributed by atoms with Crippen molar-refractivity contribution >= 4 is 11.7 Å². The molecule has 0 saturated carbocycles. The molecule has 0 unspecified atom stereocenters. The van der Waals surface area contributed by atoms with E-state index in [1.165, 1.54) is 24.3 Å². The van der Waals surface area contributed by atoms with Gasteiger partial charge in [-0.3, -0.25) is 10.1 Å². The van der Waals surface area contributed by atoms with Gasteiger partial charge >= 0.3 is 138 Å². The van der Waals surface area contributed by atoms with E-state index in [1.54, 1.807) is 0 Å². The summed E-state index contributed by atoms with van der Waals surface area (Å²) in [5.74, 6) is -1.33. The van der Waals surface area contributed by atoms with Gasteiger partial charge in [0.15, 0.2) is 0 Å². The Bertz CT molecular complexity index is 341. The Morgan fingerprint density at radius 2 is 1.67 bits per heavy atom. The van der Waals surface area contributed by atoms with Crippen LogP contribution >= 0.6 is 0 Å². The number of carboxylic acids is 1. The second-order valence-corrected chi connectivity index (χ2v) is 2.17. The van der Waals surface area contributed by atoms with Crippen LogP contribution in [-0.2, 0) is 0 Å². The van der Waals surface area contributed by atoms with Crippen LogP contribution in [0.5, 0.6) is 0 Å². The number of benzene rings is 1. The zero-order chi connectivity index (χ0) is 9.84. The van der Waals surface area contributed by atoms with Gasteiger partial charge in [-0.15, -0.1) is 0 Å². The van der Waals surface area contributed by atoms with Crippen molar-refractivity contribution in [1.29, 1.82) is 0 Å². The van der Waals surface area contributed by atoms with Crippen LogP contribution in [0, 0.1) is 10.1 Å². The van der Waals surface area contributed by atoms with Crippen molar-refractivity contribution in [3.8, 4) is 0 Å². The Balaban J connectivity index is 0. The predicted octanol–water partition coefficient (Wildman–Crippen LogP) is -5.74. The van der Waals surface area contributed by atoms with Crippen LogP contribution in [0.2, 0.25) is 0 Å². The zero-order valence-electron chi connectivity index (χ0n) is 8.34. The monoisotopic (exact) mass is 446 g/mol. The van der Waals surface area contributed by atoms with Gasteiger partial charge < -0.3 is 15.3 Å². The zero-order valence-corrected chi connectivity index (χ0v) is 20.9. The average molecular weight is 446 g/mol. The third-order valence-corrected chi connectivity index (χ3v) is 1.30. The SMILES string of the molecule is O=C([O-])c1ccc([N-][N+](=O)[O-])cc1.[Cs+].[Cs+]. The number of nitrogens with zero attached hydrogens (tertiary/aromatic N) is 2. The Kier molecular flexibility index (Phi) is 12.8. The summed E-state index contributed by atoms with van der Waals surface area (Å²) in [7, 11) is 0. The van der Waals surface area contributed by atoms with Crippen molar-refractivity contribution in [1.82, 2.24) is 0 Å². The third kappa shape index (κ3) is 7.83. The van der Waals surface area contributed by atoms with E-state index in [4.69, 9.17) is 0 Å². The van der Waals surface area contributed by atoms with Crippen LogP contribution in [0.1, 0.15) is 10.4 Å². The second kappa shape index (κ2) is 9.97. The number of hydrogen-bond donors (Lipinski definition) is 0. The first kappa shape index (κ1) is 19.3. The summed E-state index contributed by atoms with van der Waals surface area (Å²) >= 11 is 0. The molecule has 0 N–H and O–H groups in total. The van der Waals surface area contributed by atoms with Crippen molar-refractivity contribution in [3.63, 3.8) is 0 Å². The molecule has 0 aromatic heterocycles. The number of aromatic carboxylic acids is 1. The Morgan fingerprint density at radius 3 is 2.00 bits per heavy atom. The second-order valence-electron chi connectivity index (χ2n) is 2.17. The molecule has 0 spiro atoms. The molecule has 1 aromatic rings. The quantitative estimate of drug-likeness (QED) is 0.342. The fourth-order valence-electron chi connectivity index (χ4n) is 0.758. The summed E-state index contributed by atoms with van der Waals surface area (Å²) in [4.78, 5) is 20.2. The molecule has 1 aromatic carbocycles. The summed E-state index contributed by atoms with van der Waals surface area (Å²) in [6.07, 6.45) is 0. The maximum Gasteiger partial charge on any atom is 1.00 e. The summed E-state index contributed by atoms with van der Waals surface area (Å²) < 4.78 is 0. The van der Waals surface area contributed by atoms with Crippen molar-refractivity contribution in [3.05, 3.63) is 45.4 Å². The average Bonchev–Trinajstić information content (AvgIpc) is 2.04. The first-order valence-electron chi connectivity index (χ1n) is 3.27. The molecular formula is C7H4Cs2N2O4. The molecule has 0 aliphatic carbocycles. The number of carbonyl (C=O) groups is 1. The normalized spacial score (nSPS) is 8.00. The van der Waals surface area contributed by atoms with Crippen molar-refractivity contribution < 1.29 is 153 Å². The Labute approximate surface area is 204 Å². The van der Waals surface area contributed by atoms with E-state index in [0.29, 0.717) is 0 Å². The molecule has 0 amide bonds. The van der Waals surface area contributed by atoms with E-state index in [2.05, 4.69) is 5.43 Å². The van der Waals surface area contributed by atoms with E-state index in [1.807, 2.05) is 0 Å². The number of carbonyl (C=O) groups excluding carboxylic acids is 1. The topological polar surface area (TPSA) is 97.4 Å². The first-order valence-corrected chi connectivity index (χ1v) is 3.27. The van der Waals surface area contributed by atoms with Crippen LogP contribution in [0.25, 0.3) is 5.43 Å². The van der Waals surface area contributed by atoms with E-state index in [0.717, 1.165) is 0 Å². The van der Waals surface area contributed by atoms with Crippen molar-refractivity contribution in [2.75, 3.05) is 0 Å². The van der Waals surface area contributed by atoms with Crippen LogP contribution < -0.4 is 143 Å². The third-order valence-electron chi connectivity index (χ3n) is 1.30. The molecule has 1 rings (SSSR count). The molecule has 0 heterocycles. The van der Waals surface area contributed by atoms with Gasteiger partial charge in [0.2, 0.25) is 0 Å². The molecule has 0 aliphatic heterocycles. The molecule has 0 atom stereocenters. The van der Waals surface area contributed by atoms with Gasteiger partial charge in [-0.2, -0.15) is 0 Å². The van der Waals surface area contributed by atoms with E-state index in [-0.39, 0.29) is 149 Å². The van der Waals surface area contributed by atoms with Crippen LogP contribution in [0.4, 0.5) is 5.69 Å². The van der Waals surface area contributed by atoms with Gasteiger partial charge in [0.25, 0.3) is 0 Å². The minimum absolute atomic E-state index is 0. The van der Waals surface area contributed by atoms with Gasteiger partial charge in [-0.1, -0.05) is 30.0 Å². The molecule has 68 valence electrons. The van der Waals surface area contributed by atoms with Gasteiger partial charge in [-0.25, -0.2) is 0 Å². The number of rotatable bonds is 3. The van der Waals surface area contributed by atoms with Crippen LogP contribution in [-0.4, -0.2) is 11.0 Å². The van der Waals surface area contributed by atoms with Crippen molar-refractivity contribution in [2.24, 2.45) is 0 Å². The first-order chi connectivity index (χ1) is 6.09. The van der Waals surface area contributed by atoms with Gasteiger partial charge in [0, 0.05) is 0 Å². The smallest absolute Gasteiger partial charge is 0.545 e. The molecule has 6 nitrogen and oxygen atoms in total. The molecule has 0 fully saturated rings. The fraction of sp³-hybridized carbons (Fsp3) is 0. The fourth-order valence-corrected chi connectivity index (χ4v) is 0.758. The molecule has 0 bridgehead atoms. The van der Waals surface area contributed by atoms with Crippen molar-refractivity contribution in [2.45, 2.75) is 0 Å². The predicted molar refractivity (Wildman–Crippen MR) is 40.8 cm³/mol. The van der Waals surface area contributed by atoms with Gasteiger partial charge in [0.1, 0.15) is 0 Å². The molecule has 0 aliphatic rings. The standard InChI is InChI=1S/C7H5N2O4.2Cs/c10-7(11)5-1-3-6(4-2-5)8-9(12)13;;/h1-4H,(H,10,11);;/q-1;2*+1/p-1. The molecule has 0 saturated heterocycles. The summed E-state index contributed by atoms with van der Waals surface area (Å²) in [5, 5.41) is 19.3. The molecule has 0 radical (unpaired) electrons.